The fourth-order valence-electron chi connectivity index (χ4n) is 1.97. The first-order valence-corrected chi connectivity index (χ1v) is 6.67. The van der Waals surface area contributed by atoms with Gasteiger partial charge in [-0.3, -0.25) is 4.79 Å². The van der Waals surface area contributed by atoms with E-state index in [2.05, 4.69) is 0 Å². The Bertz CT molecular complexity index is 576. The van der Waals surface area contributed by atoms with Gasteiger partial charge in [0.2, 0.25) is 0 Å². The van der Waals surface area contributed by atoms with E-state index in [4.69, 9.17) is 9.47 Å². The van der Waals surface area contributed by atoms with Crippen molar-refractivity contribution in [3.05, 3.63) is 59.7 Å². The third-order valence-corrected chi connectivity index (χ3v) is 2.92. The second-order valence-electron chi connectivity index (χ2n) is 4.47. The third-order valence-electron chi connectivity index (χ3n) is 2.92. The lowest BCUT2D eigenvalue weighted by atomic mass is 10.1. The average Bonchev–Trinajstić information content (AvgIpc) is 2.46. The number of rotatable bonds is 5. The predicted octanol–water partition coefficient (Wildman–Crippen LogP) is 3.75. The maximum atomic E-state index is 11.2. The molecule has 0 N–H and O–H groups in total. The topological polar surface area (TPSA) is 35.5 Å². The van der Waals surface area contributed by atoms with Crippen LogP contribution in [0.1, 0.15) is 25.0 Å². The molecule has 0 saturated heterocycles. The van der Waals surface area contributed by atoms with E-state index in [1.165, 1.54) is 6.92 Å². The molecule has 0 radical (unpaired) electrons. The fraction of sp³-hybridized carbons (Fsp3) is 0.235. The average molecular weight is 270 g/mol. The van der Waals surface area contributed by atoms with Gasteiger partial charge in [0.1, 0.15) is 6.61 Å². The summed E-state index contributed by atoms with van der Waals surface area (Å²) in [6, 6.07) is 15.5. The number of ether oxygens (including phenoxy) is 2. The first-order chi connectivity index (χ1) is 9.70. The number of hydrogen-bond acceptors (Lipinski definition) is 3. The Labute approximate surface area is 119 Å². The summed E-state index contributed by atoms with van der Waals surface area (Å²) in [6.07, 6.45) is 0.819. The highest BCUT2D eigenvalue weighted by molar-refractivity contribution is 5.70. The predicted molar refractivity (Wildman–Crippen MR) is 77.9 cm³/mol. The number of carbonyl (C=O) groups excluding carboxylic acids is 1. The molecule has 0 aliphatic heterocycles. The molecular formula is C17H18O3. The van der Waals surface area contributed by atoms with Crippen molar-refractivity contribution in [2.75, 3.05) is 0 Å². The molecule has 0 fully saturated rings. The van der Waals surface area contributed by atoms with E-state index in [0.29, 0.717) is 18.1 Å². The Morgan fingerprint density at radius 1 is 1.05 bits per heavy atom. The van der Waals surface area contributed by atoms with Gasteiger partial charge in [-0.25, -0.2) is 0 Å². The summed E-state index contributed by atoms with van der Waals surface area (Å²) in [5.74, 6) is 0.782. The largest absolute Gasteiger partial charge is 0.485 e. The van der Waals surface area contributed by atoms with E-state index in [0.717, 1.165) is 17.5 Å². The molecule has 0 aromatic heterocycles. The van der Waals surface area contributed by atoms with Crippen molar-refractivity contribution in [1.82, 2.24) is 0 Å². The van der Waals surface area contributed by atoms with Crippen molar-refractivity contribution in [2.24, 2.45) is 0 Å². The van der Waals surface area contributed by atoms with Crippen molar-refractivity contribution in [1.29, 1.82) is 0 Å². The lowest BCUT2D eigenvalue weighted by molar-refractivity contribution is -0.132. The minimum atomic E-state index is -0.345. The van der Waals surface area contributed by atoms with Gasteiger partial charge in [-0.15, -0.1) is 0 Å². The molecule has 104 valence electrons. The zero-order chi connectivity index (χ0) is 14.4. The van der Waals surface area contributed by atoms with E-state index in [1.54, 1.807) is 6.07 Å². The zero-order valence-electron chi connectivity index (χ0n) is 11.8. The number of carbonyl (C=O) groups is 1. The van der Waals surface area contributed by atoms with Crippen molar-refractivity contribution < 1.29 is 14.3 Å². The molecule has 3 heteroatoms. The highest BCUT2D eigenvalue weighted by Gasteiger charge is 2.12. The second-order valence-corrected chi connectivity index (χ2v) is 4.47. The third kappa shape index (κ3) is 3.60. The summed E-state index contributed by atoms with van der Waals surface area (Å²) in [6.45, 7) is 3.88. The molecule has 0 atom stereocenters. The molecule has 0 saturated carbocycles. The minimum Gasteiger partial charge on any atom is -0.485 e. The van der Waals surface area contributed by atoms with Gasteiger partial charge in [0.25, 0.3) is 0 Å². The smallest absolute Gasteiger partial charge is 0.308 e. The van der Waals surface area contributed by atoms with Crippen LogP contribution in [0.5, 0.6) is 11.5 Å². The fourth-order valence-corrected chi connectivity index (χ4v) is 1.97. The van der Waals surface area contributed by atoms with E-state index >= 15 is 0 Å². The van der Waals surface area contributed by atoms with Crippen molar-refractivity contribution in [3.8, 4) is 11.5 Å². The summed E-state index contributed by atoms with van der Waals surface area (Å²) >= 11 is 0. The molecule has 2 aromatic carbocycles. The number of hydrogen-bond donors (Lipinski definition) is 0. The zero-order valence-corrected chi connectivity index (χ0v) is 11.8. The normalized spacial score (nSPS) is 10.1. The monoisotopic (exact) mass is 270 g/mol. The number of benzene rings is 2. The van der Waals surface area contributed by atoms with E-state index in [1.807, 2.05) is 49.4 Å². The minimum absolute atomic E-state index is 0.345. The van der Waals surface area contributed by atoms with Crippen molar-refractivity contribution in [2.45, 2.75) is 26.9 Å². The molecule has 2 rings (SSSR count). The summed E-state index contributed by atoms with van der Waals surface area (Å²) in [4.78, 5) is 11.2. The highest BCUT2D eigenvalue weighted by atomic mass is 16.6. The second kappa shape index (κ2) is 6.75. The Kier molecular flexibility index (Phi) is 4.77. The van der Waals surface area contributed by atoms with Gasteiger partial charge in [-0.2, -0.15) is 0 Å². The Morgan fingerprint density at radius 2 is 1.80 bits per heavy atom. The molecule has 0 heterocycles. The van der Waals surface area contributed by atoms with Crippen LogP contribution in [0.3, 0.4) is 0 Å². The summed E-state index contributed by atoms with van der Waals surface area (Å²) in [7, 11) is 0. The lowest BCUT2D eigenvalue weighted by Crippen LogP contribution is -2.06. The van der Waals surface area contributed by atoms with Crippen molar-refractivity contribution in [3.63, 3.8) is 0 Å². The van der Waals surface area contributed by atoms with Crippen LogP contribution in [0.4, 0.5) is 0 Å². The van der Waals surface area contributed by atoms with Crippen LogP contribution in [-0.2, 0) is 17.8 Å². The van der Waals surface area contributed by atoms with Crippen LogP contribution in [0, 0.1) is 0 Å². The van der Waals surface area contributed by atoms with Crippen LogP contribution in [0.2, 0.25) is 0 Å². The van der Waals surface area contributed by atoms with Gasteiger partial charge < -0.3 is 9.47 Å². The van der Waals surface area contributed by atoms with Gasteiger partial charge in [-0.05, 0) is 23.6 Å². The number of aryl methyl sites for hydroxylation is 1. The quantitative estimate of drug-likeness (QED) is 0.613. The molecule has 0 aliphatic rings. The van der Waals surface area contributed by atoms with Gasteiger partial charge in [0, 0.05) is 6.92 Å². The van der Waals surface area contributed by atoms with Gasteiger partial charge >= 0.3 is 5.97 Å². The van der Waals surface area contributed by atoms with Crippen molar-refractivity contribution >= 4 is 5.97 Å². The highest BCUT2D eigenvalue weighted by Crippen LogP contribution is 2.32. The van der Waals surface area contributed by atoms with Crippen LogP contribution < -0.4 is 9.47 Å². The van der Waals surface area contributed by atoms with Gasteiger partial charge in [0.05, 0.1) is 0 Å². The van der Waals surface area contributed by atoms with Crippen LogP contribution >= 0.6 is 0 Å². The van der Waals surface area contributed by atoms with Crippen LogP contribution in [-0.4, -0.2) is 5.97 Å². The molecule has 0 spiro atoms. The standard InChI is InChI=1S/C17H18O3/c1-3-15-10-7-11-16(20-13(2)18)17(15)19-12-14-8-5-4-6-9-14/h4-11H,3,12H2,1-2H3. The molecule has 0 aliphatic carbocycles. The Morgan fingerprint density at radius 3 is 2.45 bits per heavy atom. The van der Waals surface area contributed by atoms with E-state index < -0.39 is 0 Å². The van der Waals surface area contributed by atoms with Gasteiger partial charge in [0.15, 0.2) is 11.5 Å². The van der Waals surface area contributed by atoms with E-state index in [9.17, 15) is 4.79 Å². The molecule has 0 amide bonds. The van der Waals surface area contributed by atoms with Crippen LogP contribution in [0.25, 0.3) is 0 Å². The summed E-state index contributed by atoms with van der Waals surface area (Å²) in [5.41, 5.74) is 2.10. The van der Waals surface area contributed by atoms with Gasteiger partial charge in [-0.1, -0.05) is 49.4 Å². The molecule has 0 bridgehead atoms. The maximum absolute atomic E-state index is 11.2. The first-order valence-electron chi connectivity index (χ1n) is 6.67. The summed E-state index contributed by atoms with van der Waals surface area (Å²) < 4.78 is 11.1. The Balaban J connectivity index is 2.21. The molecule has 20 heavy (non-hydrogen) atoms. The maximum Gasteiger partial charge on any atom is 0.308 e. The molecule has 3 nitrogen and oxygen atoms in total. The number of esters is 1. The number of para-hydroxylation sites is 1. The first kappa shape index (κ1) is 14.1. The Hall–Kier alpha value is -2.29. The lowest BCUT2D eigenvalue weighted by Gasteiger charge is -2.14. The SMILES string of the molecule is CCc1cccc(OC(C)=O)c1OCc1ccccc1. The molecule has 2 aromatic rings. The van der Waals surface area contributed by atoms with E-state index in [-0.39, 0.29) is 5.97 Å². The van der Waals surface area contributed by atoms with Crippen LogP contribution in [0.15, 0.2) is 48.5 Å². The summed E-state index contributed by atoms with van der Waals surface area (Å²) in [5, 5.41) is 0. The molecular weight excluding hydrogens is 252 g/mol. The molecule has 0 unspecified atom stereocenters.